The molecule has 3 amide bonds. The summed E-state index contributed by atoms with van der Waals surface area (Å²) < 4.78 is 26.6. The minimum atomic E-state index is -3.57. The number of piperazine rings is 1. The van der Waals surface area contributed by atoms with Gasteiger partial charge in [0, 0.05) is 32.4 Å². The fraction of sp³-hybridized carbons (Fsp3) is 0.500. The molecule has 0 aromatic carbocycles. The SMILES string of the molecule is CC(Sc1ccc(S(=O)(=O)N2CCN(C)CC2)cn1)C(=O)NC(N)=O. The first-order chi connectivity index (χ1) is 11.7. The molecule has 0 radical (unpaired) electrons. The number of pyridine rings is 1. The smallest absolute Gasteiger partial charge is 0.318 e. The molecule has 1 aromatic heterocycles. The Morgan fingerprint density at radius 1 is 1.28 bits per heavy atom. The molecule has 138 valence electrons. The molecule has 25 heavy (non-hydrogen) atoms. The fourth-order valence-corrected chi connectivity index (χ4v) is 4.38. The average molecular weight is 387 g/mol. The van der Waals surface area contributed by atoms with Crippen LogP contribution >= 0.6 is 11.8 Å². The van der Waals surface area contributed by atoms with E-state index >= 15 is 0 Å². The number of hydrogen-bond donors (Lipinski definition) is 2. The van der Waals surface area contributed by atoms with Gasteiger partial charge in [0.25, 0.3) is 0 Å². The van der Waals surface area contributed by atoms with E-state index in [1.807, 2.05) is 12.4 Å². The molecule has 2 heterocycles. The van der Waals surface area contributed by atoms with Crippen molar-refractivity contribution in [3.05, 3.63) is 18.3 Å². The lowest BCUT2D eigenvalue weighted by atomic mass is 10.4. The Kier molecular flexibility index (Phi) is 6.38. The number of nitrogens with two attached hydrogens (primary N) is 1. The summed E-state index contributed by atoms with van der Waals surface area (Å²) in [5.74, 6) is -0.534. The van der Waals surface area contributed by atoms with E-state index in [1.165, 1.54) is 16.6 Å². The number of rotatable bonds is 5. The van der Waals surface area contributed by atoms with Crippen LogP contribution in [0.5, 0.6) is 0 Å². The summed E-state index contributed by atoms with van der Waals surface area (Å²) in [6, 6.07) is 2.10. The van der Waals surface area contributed by atoms with Crippen molar-refractivity contribution < 1.29 is 18.0 Å². The van der Waals surface area contributed by atoms with Crippen LogP contribution in [0.4, 0.5) is 4.79 Å². The first kappa shape index (κ1) is 19.6. The van der Waals surface area contributed by atoms with Gasteiger partial charge in [0.1, 0.15) is 4.90 Å². The lowest BCUT2D eigenvalue weighted by molar-refractivity contribution is -0.119. The number of likely N-dealkylation sites (N-methyl/N-ethyl adjacent to an activating group) is 1. The zero-order valence-corrected chi connectivity index (χ0v) is 15.6. The number of nitrogens with one attached hydrogen (secondary N) is 1. The second-order valence-corrected chi connectivity index (χ2v) is 8.95. The molecule has 0 aliphatic carbocycles. The van der Waals surface area contributed by atoms with Crippen molar-refractivity contribution in [1.29, 1.82) is 0 Å². The van der Waals surface area contributed by atoms with Gasteiger partial charge < -0.3 is 10.6 Å². The average Bonchev–Trinajstić information content (AvgIpc) is 2.55. The van der Waals surface area contributed by atoms with Gasteiger partial charge in [0.2, 0.25) is 15.9 Å². The molecular weight excluding hydrogens is 366 g/mol. The number of imide groups is 1. The molecule has 2 rings (SSSR count). The summed E-state index contributed by atoms with van der Waals surface area (Å²) in [6.07, 6.45) is 1.29. The highest BCUT2D eigenvalue weighted by molar-refractivity contribution is 8.00. The Morgan fingerprint density at radius 2 is 1.92 bits per heavy atom. The first-order valence-corrected chi connectivity index (χ1v) is 9.94. The Labute approximate surface area is 151 Å². The maximum atomic E-state index is 12.6. The molecule has 1 saturated heterocycles. The van der Waals surface area contributed by atoms with Gasteiger partial charge in [0.05, 0.1) is 10.3 Å². The minimum absolute atomic E-state index is 0.121. The molecule has 0 spiro atoms. The van der Waals surface area contributed by atoms with Crippen LogP contribution in [0.25, 0.3) is 0 Å². The standard InChI is InChI=1S/C14H21N5O4S2/c1-10(13(20)17-14(15)21)24-12-4-3-11(9-16-12)25(22,23)19-7-5-18(2)6-8-19/h3-4,9-10H,5-8H2,1-2H3,(H3,15,17,20,21). The molecule has 1 unspecified atom stereocenters. The molecule has 1 aliphatic heterocycles. The van der Waals surface area contributed by atoms with E-state index in [4.69, 9.17) is 5.73 Å². The number of amides is 3. The molecule has 1 aliphatic rings. The van der Waals surface area contributed by atoms with E-state index in [0.717, 1.165) is 11.8 Å². The van der Waals surface area contributed by atoms with Gasteiger partial charge in [-0.05, 0) is 26.1 Å². The summed E-state index contributed by atoms with van der Waals surface area (Å²) in [6.45, 7) is 3.86. The lowest BCUT2D eigenvalue weighted by Crippen LogP contribution is -2.47. The number of hydrogen-bond acceptors (Lipinski definition) is 7. The molecule has 0 saturated carbocycles. The number of carbonyl (C=O) groups excluding carboxylic acids is 2. The van der Waals surface area contributed by atoms with Gasteiger partial charge >= 0.3 is 6.03 Å². The summed E-state index contributed by atoms with van der Waals surface area (Å²) in [4.78, 5) is 28.6. The largest absolute Gasteiger partial charge is 0.351 e. The lowest BCUT2D eigenvalue weighted by Gasteiger charge is -2.31. The number of urea groups is 1. The zero-order chi connectivity index (χ0) is 18.6. The molecule has 0 bridgehead atoms. The number of thioether (sulfide) groups is 1. The zero-order valence-electron chi connectivity index (χ0n) is 14.0. The Morgan fingerprint density at radius 3 is 2.44 bits per heavy atom. The summed E-state index contributed by atoms with van der Waals surface area (Å²) in [7, 11) is -1.62. The van der Waals surface area contributed by atoms with Crippen molar-refractivity contribution in [3.63, 3.8) is 0 Å². The van der Waals surface area contributed by atoms with Crippen LogP contribution in [0.3, 0.4) is 0 Å². The van der Waals surface area contributed by atoms with E-state index in [1.54, 1.807) is 13.0 Å². The first-order valence-electron chi connectivity index (χ1n) is 7.62. The number of aromatic nitrogens is 1. The summed E-state index contributed by atoms with van der Waals surface area (Å²) in [5.41, 5.74) is 4.90. The molecule has 1 fully saturated rings. The summed E-state index contributed by atoms with van der Waals surface area (Å²) in [5, 5.41) is 1.87. The van der Waals surface area contributed by atoms with E-state index in [9.17, 15) is 18.0 Å². The molecule has 1 atom stereocenters. The van der Waals surface area contributed by atoms with E-state index in [-0.39, 0.29) is 4.90 Å². The second-order valence-electron chi connectivity index (χ2n) is 5.65. The van der Waals surface area contributed by atoms with Crippen molar-refractivity contribution >= 4 is 33.7 Å². The Hall–Kier alpha value is -1.69. The third-order valence-corrected chi connectivity index (χ3v) is 6.66. The minimum Gasteiger partial charge on any atom is -0.351 e. The van der Waals surface area contributed by atoms with Gasteiger partial charge in [-0.25, -0.2) is 18.2 Å². The van der Waals surface area contributed by atoms with Crippen LogP contribution in [0.15, 0.2) is 28.3 Å². The molecule has 9 nitrogen and oxygen atoms in total. The van der Waals surface area contributed by atoms with Gasteiger partial charge in [-0.1, -0.05) is 11.8 Å². The van der Waals surface area contributed by atoms with Crippen LogP contribution in [-0.2, 0) is 14.8 Å². The van der Waals surface area contributed by atoms with Crippen molar-refractivity contribution in [2.75, 3.05) is 33.2 Å². The molecular formula is C14H21N5O4S2. The van der Waals surface area contributed by atoms with Crippen LogP contribution < -0.4 is 11.1 Å². The van der Waals surface area contributed by atoms with Gasteiger partial charge in [-0.15, -0.1) is 0 Å². The van der Waals surface area contributed by atoms with Crippen LogP contribution in [0.2, 0.25) is 0 Å². The maximum Gasteiger partial charge on any atom is 0.318 e. The third kappa shape index (κ3) is 5.14. The summed E-state index contributed by atoms with van der Waals surface area (Å²) >= 11 is 1.10. The van der Waals surface area contributed by atoms with E-state index < -0.39 is 27.2 Å². The number of primary amides is 1. The normalized spacial score (nSPS) is 17.8. The van der Waals surface area contributed by atoms with Crippen molar-refractivity contribution in [2.24, 2.45) is 5.73 Å². The number of carbonyl (C=O) groups is 2. The van der Waals surface area contributed by atoms with E-state index in [0.29, 0.717) is 31.2 Å². The van der Waals surface area contributed by atoms with Gasteiger partial charge in [-0.2, -0.15) is 4.31 Å². The van der Waals surface area contributed by atoms with Gasteiger partial charge in [0.15, 0.2) is 0 Å². The highest BCUT2D eigenvalue weighted by Gasteiger charge is 2.27. The Balaban J connectivity index is 2.04. The maximum absolute atomic E-state index is 12.6. The van der Waals surface area contributed by atoms with Gasteiger partial charge in [-0.3, -0.25) is 10.1 Å². The molecule has 1 aromatic rings. The number of nitrogens with zero attached hydrogens (tertiary/aromatic N) is 3. The quantitative estimate of drug-likeness (QED) is 0.664. The topological polar surface area (TPSA) is 126 Å². The van der Waals surface area contributed by atoms with Crippen molar-refractivity contribution in [2.45, 2.75) is 22.1 Å². The monoisotopic (exact) mass is 387 g/mol. The van der Waals surface area contributed by atoms with Crippen molar-refractivity contribution in [3.8, 4) is 0 Å². The number of sulfonamides is 1. The Bertz CT molecular complexity index is 730. The predicted octanol–water partition coefficient (Wildman–Crippen LogP) is -0.307. The second kappa shape index (κ2) is 8.13. The van der Waals surface area contributed by atoms with E-state index in [2.05, 4.69) is 9.88 Å². The predicted molar refractivity (Wildman–Crippen MR) is 93.5 cm³/mol. The van der Waals surface area contributed by atoms with Crippen molar-refractivity contribution in [1.82, 2.24) is 19.5 Å². The van der Waals surface area contributed by atoms with Crippen LogP contribution in [0.1, 0.15) is 6.92 Å². The molecule has 3 N–H and O–H groups in total. The highest BCUT2D eigenvalue weighted by atomic mass is 32.2. The highest BCUT2D eigenvalue weighted by Crippen LogP contribution is 2.23. The fourth-order valence-electron chi connectivity index (χ4n) is 2.22. The molecule has 11 heteroatoms. The third-order valence-electron chi connectivity index (χ3n) is 3.72. The van der Waals surface area contributed by atoms with Crippen LogP contribution in [0, 0.1) is 0 Å². The van der Waals surface area contributed by atoms with Crippen LogP contribution in [-0.4, -0.2) is 73.0 Å².